The lowest BCUT2D eigenvalue weighted by atomic mass is 10.0. The summed E-state index contributed by atoms with van der Waals surface area (Å²) in [5, 5.41) is 18.6. The van der Waals surface area contributed by atoms with Crippen molar-refractivity contribution in [2.75, 3.05) is 6.54 Å². The summed E-state index contributed by atoms with van der Waals surface area (Å²) in [7, 11) is 0. The molecule has 1 aromatic carbocycles. The molecule has 1 fully saturated rings. The van der Waals surface area contributed by atoms with Crippen molar-refractivity contribution in [3.8, 4) is 5.75 Å². The molecule has 1 heterocycles. The minimum Gasteiger partial charge on any atom is -0.507 e. The van der Waals surface area contributed by atoms with Crippen LogP contribution in [0.5, 0.6) is 5.75 Å². The summed E-state index contributed by atoms with van der Waals surface area (Å²) >= 11 is 3.27. The molecule has 1 atom stereocenters. The van der Waals surface area contributed by atoms with Gasteiger partial charge >= 0.3 is 5.97 Å². The third-order valence-electron chi connectivity index (χ3n) is 3.30. The molecular weight excluding hydrogens is 298 g/mol. The zero-order valence-corrected chi connectivity index (χ0v) is 11.6. The summed E-state index contributed by atoms with van der Waals surface area (Å²) in [6.45, 7) is 1.42. The van der Waals surface area contributed by atoms with Gasteiger partial charge in [-0.05, 0) is 53.0 Å². The van der Waals surface area contributed by atoms with E-state index in [1.807, 2.05) is 17.0 Å². The first-order valence-electron chi connectivity index (χ1n) is 6.02. The monoisotopic (exact) mass is 313 g/mol. The molecule has 18 heavy (non-hydrogen) atoms. The van der Waals surface area contributed by atoms with E-state index in [9.17, 15) is 15.0 Å². The van der Waals surface area contributed by atoms with Crippen LogP contribution in [0.4, 0.5) is 0 Å². The fourth-order valence-electron chi connectivity index (χ4n) is 2.34. The topological polar surface area (TPSA) is 60.8 Å². The Hall–Kier alpha value is -1.07. The number of hydrogen-bond donors (Lipinski definition) is 2. The average molecular weight is 314 g/mol. The number of likely N-dealkylation sites (tertiary alicyclic amines) is 1. The third kappa shape index (κ3) is 3.03. The lowest BCUT2D eigenvalue weighted by Crippen LogP contribution is -2.43. The number of carboxylic acid groups (broad SMARTS) is 1. The second kappa shape index (κ2) is 5.71. The number of aliphatic carboxylic acids is 1. The quantitative estimate of drug-likeness (QED) is 0.900. The standard InChI is InChI=1S/C13H16BrNO3/c14-10-7-9(4-5-12(10)16)8-15-6-2-1-3-11(15)13(17)18/h4-5,7,11,16H,1-3,6,8H2,(H,17,18). The van der Waals surface area contributed by atoms with Gasteiger partial charge in [-0.25, -0.2) is 0 Å². The van der Waals surface area contributed by atoms with Gasteiger partial charge in [-0.2, -0.15) is 0 Å². The number of nitrogens with zero attached hydrogens (tertiary/aromatic N) is 1. The van der Waals surface area contributed by atoms with Crippen LogP contribution < -0.4 is 0 Å². The van der Waals surface area contributed by atoms with Gasteiger partial charge in [0, 0.05) is 6.54 Å². The third-order valence-corrected chi connectivity index (χ3v) is 3.93. The minimum absolute atomic E-state index is 0.201. The van der Waals surface area contributed by atoms with Crippen LogP contribution in [0.25, 0.3) is 0 Å². The van der Waals surface area contributed by atoms with E-state index in [1.165, 1.54) is 0 Å². The Balaban J connectivity index is 2.10. The molecule has 98 valence electrons. The van der Waals surface area contributed by atoms with E-state index in [0.29, 0.717) is 17.4 Å². The smallest absolute Gasteiger partial charge is 0.320 e. The van der Waals surface area contributed by atoms with Crippen LogP contribution in [-0.4, -0.2) is 33.7 Å². The van der Waals surface area contributed by atoms with E-state index in [2.05, 4.69) is 15.9 Å². The van der Waals surface area contributed by atoms with Crippen molar-refractivity contribution in [3.63, 3.8) is 0 Å². The molecule has 2 rings (SSSR count). The summed E-state index contributed by atoms with van der Waals surface area (Å²) < 4.78 is 0.642. The first-order valence-corrected chi connectivity index (χ1v) is 6.81. The number of phenolic OH excluding ortho intramolecular Hbond substituents is 1. The largest absolute Gasteiger partial charge is 0.507 e. The van der Waals surface area contributed by atoms with E-state index >= 15 is 0 Å². The van der Waals surface area contributed by atoms with Gasteiger partial charge in [0.25, 0.3) is 0 Å². The SMILES string of the molecule is O=C(O)C1CCCCN1Cc1ccc(O)c(Br)c1. The Morgan fingerprint density at radius 3 is 2.89 bits per heavy atom. The summed E-state index contributed by atoms with van der Waals surface area (Å²) in [5.74, 6) is -0.542. The number of phenols is 1. The minimum atomic E-state index is -0.743. The Labute approximate surface area is 114 Å². The van der Waals surface area contributed by atoms with E-state index in [4.69, 9.17) is 0 Å². The Morgan fingerprint density at radius 2 is 2.22 bits per heavy atom. The fourth-order valence-corrected chi connectivity index (χ4v) is 2.77. The predicted octanol–water partition coefficient (Wildman–Crippen LogP) is 2.59. The number of hydrogen-bond acceptors (Lipinski definition) is 3. The van der Waals surface area contributed by atoms with E-state index < -0.39 is 5.97 Å². The highest BCUT2D eigenvalue weighted by atomic mass is 79.9. The second-order valence-corrected chi connectivity index (χ2v) is 5.46. The highest BCUT2D eigenvalue weighted by Crippen LogP contribution is 2.26. The Kier molecular flexibility index (Phi) is 4.24. The highest BCUT2D eigenvalue weighted by molar-refractivity contribution is 9.10. The predicted molar refractivity (Wildman–Crippen MR) is 71.5 cm³/mol. The lowest BCUT2D eigenvalue weighted by molar-refractivity contribution is -0.144. The maximum Gasteiger partial charge on any atom is 0.320 e. The highest BCUT2D eigenvalue weighted by Gasteiger charge is 2.28. The van der Waals surface area contributed by atoms with Gasteiger partial charge in [0.2, 0.25) is 0 Å². The van der Waals surface area contributed by atoms with Crippen molar-refractivity contribution in [1.29, 1.82) is 0 Å². The molecule has 0 aliphatic carbocycles. The molecule has 1 aliphatic heterocycles. The van der Waals surface area contributed by atoms with Gasteiger partial charge in [-0.15, -0.1) is 0 Å². The first-order chi connectivity index (χ1) is 8.58. The number of aromatic hydroxyl groups is 1. The maximum atomic E-state index is 11.2. The first kappa shape index (κ1) is 13.4. The van der Waals surface area contributed by atoms with Crippen molar-refractivity contribution < 1.29 is 15.0 Å². The van der Waals surface area contributed by atoms with Crippen LogP contribution in [-0.2, 0) is 11.3 Å². The van der Waals surface area contributed by atoms with Crippen molar-refractivity contribution >= 4 is 21.9 Å². The normalized spacial score (nSPS) is 20.8. The number of piperidine rings is 1. The molecule has 1 unspecified atom stereocenters. The zero-order chi connectivity index (χ0) is 13.1. The van der Waals surface area contributed by atoms with Crippen molar-refractivity contribution in [2.45, 2.75) is 31.8 Å². The molecule has 0 aromatic heterocycles. The Bertz CT molecular complexity index is 450. The molecule has 0 bridgehead atoms. The fraction of sp³-hybridized carbons (Fsp3) is 0.462. The molecule has 2 N–H and O–H groups in total. The summed E-state index contributed by atoms with van der Waals surface area (Å²) in [4.78, 5) is 13.2. The van der Waals surface area contributed by atoms with Crippen LogP contribution in [0.1, 0.15) is 24.8 Å². The maximum absolute atomic E-state index is 11.2. The lowest BCUT2D eigenvalue weighted by Gasteiger charge is -2.32. The van der Waals surface area contributed by atoms with Gasteiger partial charge < -0.3 is 10.2 Å². The molecule has 5 heteroatoms. The zero-order valence-electron chi connectivity index (χ0n) is 9.97. The van der Waals surface area contributed by atoms with Gasteiger partial charge in [0.15, 0.2) is 0 Å². The second-order valence-electron chi connectivity index (χ2n) is 4.61. The molecule has 1 saturated heterocycles. The van der Waals surface area contributed by atoms with E-state index in [1.54, 1.807) is 6.07 Å². The van der Waals surface area contributed by atoms with Crippen LogP contribution in [0.15, 0.2) is 22.7 Å². The van der Waals surface area contributed by atoms with Gasteiger partial charge in [0.05, 0.1) is 4.47 Å². The summed E-state index contributed by atoms with van der Waals surface area (Å²) in [6.07, 6.45) is 2.74. The molecule has 1 aliphatic rings. The summed E-state index contributed by atoms with van der Waals surface area (Å²) in [6, 6.07) is 4.90. The number of rotatable bonds is 3. The van der Waals surface area contributed by atoms with E-state index in [-0.39, 0.29) is 11.8 Å². The van der Waals surface area contributed by atoms with Crippen LogP contribution in [0.2, 0.25) is 0 Å². The van der Waals surface area contributed by atoms with Crippen molar-refractivity contribution in [3.05, 3.63) is 28.2 Å². The molecular formula is C13H16BrNO3. The van der Waals surface area contributed by atoms with Crippen LogP contribution in [0, 0.1) is 0 Å². The van der Waals surface area contributed by atoms with E-state index in [0.717, 1.165) is 24.9 Å². The summed E-state index contributed by atoms with van der Waals surface area (Å²) in [5.41, 5.74) is 1.01. The van der Waals surface area contributed by atoms with Gasteiger partial charge in [0.1, 0.15) is 11.8 Å². The number of carbonyl (C=O) groups is 1. The van der Waals surface area contributed by atoms with Crippen molar-refractivity contribution in [1.82, 2.24) is 4.90 Å². The molecule has 0 spiro atoms. The number of halogens is 1. The number of benzene rings is 1. The van der Waals surface area contributed by atoms with Gasteiger partial charge in [-0.1, -0.05) is 12.5 Å². The molecule has 0 amide bonds. The molecule has 0 radical (unpaired) electrons. The number of carboxylic acids is 1. The molecule has 1 aromatic rings. The average Bonchev–Trinajstić information content (AvgIpc) is 2.34. The molecule has 4 nitrogen and oxygen atoms in total. The van der Waals surface area contributed by atoms with Crippen molar-refractivity contribution in [2.24, 2.45) is 0 Å². The Morgan fingerprint density at radius 1 is 1.44 bits per heavy atom. The van der Waals surface area contributed by atoms with Gasteiger partial charge in [-0.3, -0.25) is 9.69 Å². The van der Waals surface area contributed by atoms with Crippen LogP contribution in [0.3, 0.4) is 0 Å². The molecule has 0 saturated carbocycles. The van der Waals surface area contributed by atoms with Crippen LogP contribution >= 0.6 is 15.9 Å².